The first kappa shape index (κ1) is 14.8. The fraction of sp³-hybridized carbons (Fsp3) is 0.500. The van der Waals surface area contributed by atoms with Gasteiger partial charge < -0.3 is 15.7 Å². The van der Waals surface area contributed by atoms with Crippen LogP contribution in [-0.4, -0.2) is 23.0 Å². The molecule has 2 aliphatic carbocycles. The number of thiophene rings is 1. The lowest BCUT2D eigenvalue weighted by molar-refractivity contribution is 0.0514. The lowest BCUT2D eigenvalue weighted by Gasteiger charge is -2.11. The number of nitrogens with zero attached hydrogens (tertiary/aromatic N) is 1. The summed E-state index contributed by atoms with van der Waals surface area (Å²) in [5.41, 5.74) is 6.87. The molecular weight excluding hydrogens is 306 g/mol. The minimum absolute atomic E-state index is 0.209. The van der Waals surface area contributed by atoms with Crippen LogP contribution in [0.5, 0.6) is 0 Å². The van der Waals surface area contributed by atoms with Crippen molar-refractivity contribution in [3.05, 3.63) is 16.0 Å². The number of hydrogen-bond donors (Lipinski definition) is 3. The number of oxime groups is 1. The third kappa shape index (κ3) is 3.06. The largest absolute Gasteiger partial charge is 0.465 e. The molecule has 2 aliphatic rings. The van der Waals surface area contributed by atoms with Gasteiger partial charge in [-0.3, -0.25) is 5.32 Å². The smallest absolute Gasteiger partial charge is 0.409 e. The molecule has 0 aromatic carbocycles. The molecule has 1 aromatic rings. The maximum Gasteiger partial charge on any atom is 0.409 e. The number of carbonyl (C=O) groups is 2. The van der Waals surface area contributed by atoms with Gasteiger partial charge >= 0.3 is 12.1 Å². The van der Waals surface area contributed by atoms with Crippen molar-refractivity contribution in [3.8, 4) is 0 Å². The Bertz CT molecular complexity index is 649. The highest BCUT2D eigenvalue weighted by molar-refractivity contribution is 7.17. The van der Waals surface area contributed by atoms with Crippen LogP contribution in [0.1, 0.15) is 46.5 Å². The third-order valence-electron chi connectivity index (χ3n) is 3.83. The first-order valence-electron chi connectivity index (χ1n) is 7.25. The number of aryl methyl sites for hydroxylation is 1. The second kappa shape index (κ2) is 5.96. The van der Waals surface area contributed by atoms with Gasteiger partial charge in [0.15, 0.2) is 0 Å². The summed E-state index contributed by atoms with van der Waals surface area (Å²) in [6, 6.07) is 0. The van der Waals surface area contributed by atoms with Crippen LogP contribution in [0.3, 0.4) is 0 Å². The van der Waals surface area contributed by atoms with Crippen LogP contribution in [-0.2, 0) is 17.7 Å². The Morgan fingerprint density at radius 2 is 2.05 bits per heavy atom. The zero-order valence-corrected chi connectivity index (χ0v) is 12.7. The normalized spacial score (nSPS) is 17.7. The number of carboxylic acid groups (broad SMARTS) is 1. The quantitative estimate of drug-likeness (QED) is 0.341. The molecule has 0 atom stereocenters. The predicted molar refractivity (Wildman–Crippen MR) is 82.4 cm³/mol. The van der Waals surface area contributed by atoms with E-state index in [1.54, 1.807) is 0 Å². The van der Waals surface area contributed by atoms with E-state index in [1.165, 1.54) is 11.3 Å². The van der Waals surface area contributed by atoms with Crippen LogP contribution in [0.2, 0.25) is 0 Å². The lowest BCUT2D eigenvalue weighted by Crippen LogP contribution is -2.17. The Morgan fingerprint density at radius 1 is 1.32 bits per heavy atom. The highest BCUT2D eigenvalue weighted by atomic mass is 32.1. The zero-order chi connectivity index (χ0) is 15.7. The monoisotopic (exact) mass is 323 g/mol. The van der Waals surface area contributed by atoms with Crippen LogP contribution >= 0.6 is 11.3 Å². The van der Waals surface area contributed by atoms with Gasteiger partial charge in [0, 0.05) is 10.8 Å². The van der Waals surface area contributed by atoms with E-state index in [9.17, 15) is 9.59 Å². The Labute approximate surface area is 131 Å². The summed E-state index contributed by atoms with van der Waals surface area (Å²) < 4.78 is 0. The fourth-order valence-corrected chi connectivity index (χ4v) is 3.83. The van der Waals surface area contributed by atoms with Crippen molar-refractivity contribution in [1.82, 2.24) is 0 Å². The molecule has 118 valence electrons. The molecule has 0 saturated heterocycles. The highest BCUT2D eigenvalue weighted by Gasteiger charge is 2.29. The molecule has 0 spiro atoms. The van der Waals surface area contributed by atoms with Crippen LogP contribution < -0.4 is 11.1 Å². The molecule has 1 aromatic heterocycles. The van der Waals surface area contributed by atoms with Crippen molar-refractivity contribution >= 4 is 34.2 Å². The maximum atomic E-state index is 12.3. The van der Waals surface area contributed by atoms with Gasteiger partial charge in [0.05, 0.1) is 0 Å². The van der Waals surface area contributed by atoms with Gasteiger partial charge in [0.25, 0.3) is 0 Å². The zero-order valence-electron chi connectivity index (χ0n) is 11.9. The van der Waals surface area contributed by atoms with Gasteiger partial charge in [-0.05, 0) is 44.1 Å². The highest BCUT2D eigenvalue weighted by Crippen LogP contribution is 2.38. The maximum absolute atomic E-state index is 12.3. The fourth-order valence-electron chi connectivity index (χ4n) is 2.56. The van der Waals surface area contributed by atoms with E-state index in [1.807, 2.05) is 0 Å². The second-order valence-electron chi connectivity index (χ2n) is 5.51. The first-order valence-corrected chi connectivity index (χ1v) is 8.07. The van der Waals surface area contributed by atoms with Gasteiger partial charge in [0.2, 0.25) is 0 Å². The summed E-state index contributed by atoms with van der Waals surface area (Å²) in [7, 11) is 0. The van der Waals surface area contributed by atoms with Crippen molar-refractivity contribution in [2.45, 2.75) is 38.5 Å². The molecule has 1 heterocycles. The average molecular weight is 323 g/mol. The molecule has 1 amide bonds. The molecule has 0 aliphatic heterocycles. The molecular formula is C14H17N3O4S. The molecule has 0 radical (unpaired) electrons. The van der Waals surface area contributed by atoms with Crippen molar-refractivity contribution in [2.24, 2.45) is 16.8 Å². The number of rotatable bonds is 4. The molecule has 3 rings (SSSR count). The molecule has 7 nitrogen and oxygen atoms in total. The summed E-state index contributed by atoms with van der Waals surface area (Å²) in [6.45, 7) is 0. The topological polar surface area (TPSA) is 114 Å². The number of hydrogen-bond acceptors (Lipinski definition) is 5. The number of nitrogens with one attached hydrogen (secondary N) is 1. The van der Waals surface area contributed by atoms with Crippen molar-refractivity contribution < 1.29 is 19.5 Å². The van der Waals surface area contributed by atoms with Gasteiger partial charge in [0.1, 0.15) is 16.4 Å². The van der Waals surface area contributed by atoms with Crippen LogP contribution in [0.25, 0.3) is 0 Å². The van der Waals surface area contributed by atoms with E-state index in [2.05, 4.69) is 10.5 Å². The number of amides is 1. The van der Waals surface area contributed by atoms with E-state index in [0.717, 1.165) is 49.0 Å². The molecule has 22 heavy (non-hydrogen) atoms. The average Bonchev–Trinajstić information content (AvgIpc) is 3.26. The molecule has 8 heteroatoms. The van der Waals surface area contributed by atoms with Crippen molar-refractivity contribution in [3.63, 3.8) is 0 Å². The first-order chi connectivity index (χ1) is 10.6. The van der Waals surface area contributed by atoms with Crippen LogP contribution in [0.4, 0.5) is 9.80 Å². The van der Waals surface area contributed by atoms with Gasteiger partial charge in [-0.25, -0.2) is 9.59 Å². The second-order valence-corrected chi connectivity index (χ2v) is 6.62. The Balaban J connectivity index is 1.86. The number of nitrogens with two attached hydrogens (primary N) is 1. The van der Waals surface area contributed by atoms with Gasteiger partial charge in [-0.15, -0.1) is 11.3 Å². The number of amidine groups is 1. The molecule has 4 N–H and O–H groups in total. The van der Waals surface area contributed by atoms with Crippen molar-refractivity contribution in [2.75, 3.05) is 5.32 Å². The SMILES string of the molecule is NC(=NOC(=O)c1c(NC(=O)O)sc2c1CCCC2)C1CC1. The number of anilines is 1. The van der Waals surface area contributed by atoms with Crippen LogP contribution in [0.15, 0.2) is 5.16 Å². The van der Waals surface area contributed by atoms with E-state index in [4.69, 9.17) is 15.7 Å². The summed E-state index contributed by atoms with van der Waals surface area (Å²) in [5, 5.41) is 15.2. The number of fused-ring (bicyclic) bond motifs is 1. The summed E-state index contributed by atoms with van der Waals surface area (Å²) in [4.78, 5) is 29.2. The minimum atomic E-state index is -1.20. The van der Waals surface area contributed by atoms with Gasteiger partial charge in [-0.1, -0.05) is 5.16 Å². The molecule has 1 saturated carbocycles. The third-order valence-corrected chi connectivity index (χ3v) is 5.03. The van der Waals surface area contributed by atoms with Crippen LogP contribution in [0, 0.1) is 5.92 Å². The summed E-state index contributed by atoms with van der Waals surface area (Å²) in [5.74, 6) is -0.113. The van der Waals surface area contributed by atoms with E-state index in [-0.39, 0.29) is 11.5 Å². The van der Waals surface area contributed by atoms with E-state index in [0.29, 0.717) is 10.8 Å². The Morgan fingerprint density at radius 3 is 2.73 bits per heavy atom. The lowest BCUT2D eigenvalue weighted by atomic mass is 9.95. The Hall–Kier alpha value is -2.09. The van der Waals surface area contributed by atoms with Gasteiger partial charge in [-0.2, -0.15) is 0 Å². The number of carbonyl (C=O) groups excluding carboxylic acids is 1. The summed E-state index contributed by atoms with van der Waals surface area (Å²) >= 11 is 1.30. The standard InChI is InChI=1S/C14H17N3O4S/c15-11(7-5-6-7)17-21-13(18)10-8-3-1-2-4-9(8)22-12(10)16-14(19)20/h7,16H,1-6H2,(H2,15,17)(H,19,20). The molecule has 1 fully saturated rings. The summed E-state index contributed by atoms with van der Waals surface area (Å²) in [6.07, 6.45) is 4.35. The molecule has 0 unspecified atom stereocenters. The molecule has 0 bridgehead atoms. The van der Waals surface area contributed by atoms with E-state index < -0.39 is 12.1 Å². The predicted octanol–water partition coefficient (Wildman–Crippen LogP) is 2.56. The van der Waals surface area contributed by atoms with Crippen molar-refractivity contribution in [1.29, 1.82) is 0 Å². The van der Waals surface area contributed by atoms with E-state index >= 15 is 0 Å². The Kier molecular flexibility index (Phi) is 4.02. The minimum Gasteiger partial charge on any atom is -0.465 e.